The number of amides is 1. The molecule has 2 saturated heterocycles. The molecule has 194 valence electrons. The lowest BCUT2D eigenvalue weighted by molar-refractivity contribution is -0.126. The number of fused-ring (bicyclic) bond motifs is 1. The van der Waals surface area contributed by atoms with Crippen LogP contribution in [0.25, 0.3) is 16.2 Å². The summed E-state index contributed by atoms with van der Waals surface area (Å²) in [6.45, 7) is 4.08. The average Bonchev–Trinajstić information content (AvgIpc) is 3.59. The van der Waals surface area contributed by atoms with Crippen molar-refractivity contribution in [1.82, 2.24) is 24.2 Å². The fourth-order valence-electron chi connectivity index (χ4n) is 4.93. The number of ether oxygens (including phenoxy) is 1. The van der Waals surface area contributed by atoms with Crippen LogP contribution in [0.4, 0.5) is 5.82 Å². The van der Waals surface area contributed by atoms with E-state index in [0.717, 1.165) is 56.1 Å². The van der Waals surface area contributed by atoms with Crippen molar-refractivity contribution in [2.45, 2.75) is 51.0 Å². The Balaban J connectivity index is 1.27. The number of aromatic nitrogens is 4. The van der Waals surface area contributed by atoms with Crippen LogP contribution in [0.3, 0.4) is 0 Å². The van der Waals surface area contributed by atoms with E-state index in [1.165, 1.54) is 6.20 Å². The first-order valence-electron chi connectivity index (χ1n) is 12.7. The SMILES string of the molecule is Cc1cc(N2CC(C(=O)NCC3CCCCO3)C2)nc2c1c(=O)c(C(=O)O)cn2-c1nc(C2CC2)ns1. The molecule has 3 fully saturated rings. The molecule has 2 N–H and O–H groups in total. The highest BCUT2D eigenvalue weighted by Crippen LogP contribution is 2.39. The third-order valence-corrected chi connectivity index (χ3v) is 8.04. The van der Waals surface area contributed by atoms with Crippen LogP contribution in [-0.4, -0.2) is 68.2 Å². The molecule has 12 heteroatoms. The highest BCUT2D eigenvalue weighted by molar-refractivity contribution is 7.08. The zero-order valence-electron chi connectivity index (χ0n) is 20.5. The average molecular weight is 525 g/mol. The number of nitrogens with one attached hydrogen (secondary N) is 1. The number of rotatable bonds is 7. The Hall–Kier alpha value is -3.38. The molecule has 0 bridgehead atoms. The van der Waals surface area contributed by atoms with Crippen molar-refractivity contribution in [3.8, 4) is 5.13 Å². The third-order valence-electron chi connectivity index (χ3n) is 7.31. The molecule has 2 aliphatic heterocycles. The predicted octanol–water partition coefficient (Wildman–Crippen LogP) is 2.24. The smallest absolute Gasteiger partial charge is 0.341 e. The lowest BCUT2D eigenvalue weighted by Crippen LogP contribution is -2.55. The van der Waals surface area contributed by atoms with Gasteiger partial charge in [-0.15, -0.1) is 0 Å². The Morgan fingerprint density at radius 3 is 2.73 bits per heavy atom. The Kier molecular flexibility index (Phi) is 6.15. The lowest BCUT2D eigenvalue weighted by Gasteiger charge is -2.39. The first-order chi connectivity index (χ1) is 17.9. The molecule has 1 aliphatic carbocycles. The third kappa shape index (κ3) is 4.59. The number of hydrogen-bond acceptors (Lipinski definition) is 9. The van der Waals surface area contributed by atoms with E-state index in [1.807, 2.05) is 4.90 Å². The summed E-state index contributed by atoms with van der Waals surface area (Å²) in [5.41, 5.74) is 0.0472. The summed E-state index contributed by atoms with van der Waals surface area (Å²) in [6, 6.07) is 1.78. The molecule has 0 radical (unpaired) electrons. The van der Waals surface area contributed by atoms with Gasteiger partial charge in [-0.2, -0.15) is 4.37 Å². The van der Waals surface area contributed by atoms with Crippen molar-refractivity contribution in [3.05, 3.63) is 39.4 Å². The molecule has 1 amide bonds. The Labute approximate surface area is 216 Å². The molecule has 5 heterocycles. The summed E-state index contributed by atoms with van der Waals surface area (Å²) in [4.78, 5) is 48.9. The van der Waals surface area contributed by atoms with Gasteiger partial charge in [-0.1, -0.05) is 0 Å². The lowest BCUT2D eigenvalue weighted by atomic mass is 9.98. The number of anilines is 1. The second-order valence-electron chi connectivity index (χ2n) is 10.1. The van der Waals surface area contributed by atoms with E-state index in [0.29, 0.717) is 47.7 Å². The number of aromatic carboxylic acids is 1. The van der Waals surface area contributed by atoms with E-state index in [-0.39, 0.29) is 28.9 Å². The van der Waals surface area contributed by atoms with Gasteiger partial charge < -0.3 is 20.1 Å². The van der Waals surface area contributed by atoms with Crippen LogP contribution in [0.15, 0.2) is 17.1 Å². The van der Waals surface area contributed by atoms with Crippen LogP contribution >= 0.6 is 11.5 Å². The molecule has 1 saturated carbocycles. The summed E-state index contributed by atoms with van der Waals surface area (Å²) in [5.74, 6) is 0.272. The second-order valence-corrected chi connectivity index (χ2v) is 10.8. The summed E-state index contributed by atoms with van der Waals surface area (Å²) in [6.07, 6.45) is 6.64. The van der Waals surface area contributed by atoms with Gasteiger partial charge in [-0.25, -0.2) is 14.8 Å². The number of carboxylic acid groups (broad SMARTS) is 1. The molecule has 37 heavy (non-hydrogen) atoms. The van der Waals surface area contributed by atoms with Crippen LogP contribution in [0.2, 0.25) is 0 Å². The summed E-state index contributed by atoms with van der Waals surface area (Å²) in [5, 5.41) is 13.4. The molecule has 6 rings (SSSR count). The van der Waals surface area contributed by atoms with Gasteiger partial charge in [0.2, 0.25) is 16.5 Å². The highest BCUT2D eigenvalue weighted by atomic mass is 32.1. The highest BCUT2D eigenvalue weighted by Gasteiger charge is 2.35. The van der Waals surface area contributed by atoms with Crippen molar-refractivity contribution >= 4 is 40.3 Å². The molecule has 1 atom stereocenters. The van der Waals surface area contributed by atoms with Gasteiger partial charge >= 0.3 is 5.97 Å². The maximum Gasteiger partial charge on any atom is 0.341 e. The number of nitrogens with zero attached hydrogens (tertiary/aromatic N) is 5. The van der Waals surface area contributed by atoms with Crippen molar-refractivity contribution < 1.29 is 19.4 Å². The van der Waals surface area contributed by atoms with Crippen LogP contribution in [0.5, 0.6) is 0 Å². The van der Waals surface area contributed by atoms with Crippen LogP contribution in [0, 0.1) is 12.8 Å². The summed E-state index contributed by atoms with van der Waals surface area (Å²) in [7, 11) is 0. The second kappa shape index (κ2) is 9.49. The molecule has 11 nitrogen and oxygen atoms in total. The molecule has 1 unspecified atom stereocenters. The standard InChI is InChI=1S/C25H28N6O5S/c1-13-8-18(30-10-15(11-30)23(33)26-9-16-4-2-3-7-36-16)27-22-19(13)20(32)17(24(34)35)12-31(22)25-28-21(29-37-25)14-5-6-14/h8,12,14-16H,2-7,9-11H2,1H3,(H,26,33)(H,34,35). The van der Waals surface area contributed by atoms with E-state index in [1.54, 1.807) is 17.6 Å². The largest absolute Gasteiger partial charge is 0.477 e. The van der Waals surface area contributed by atoms with Crippen LogP contribution < -0.4 is 15.6 Å². The Morgan fingerprint density at radius 1 is 1.22 bits per heavy atom. The monoisotopic (exact) mass is 524 g/mol. The minimum atomic E-state index is -1.30. The Bertz CT molecular complexity index is 1440. The minimum Gasteiger partial charge on any atom is -0.477 e. The fourth-order valence-corrected chi connectivity index (χ4v) is 5.65. The molecule has 3 aromatic heterocycles. The van der Waals surface area contributed by atoms with E-state index < -0.39 is 11.4 Å². The minimum absolute atomic E-state index is 0.00686. The van der Waals surface area contributed by atoms with Gasteiger partial charge in [0.15, 0.2) is 5.65 Å². The van der Waals surface area contributed by atoms with Gasteiger partial charge in [0, 0.05) is 49.9 Å². The van der Waals surface area contributed by atoms with E-state index in [2.05, 4.69) is 14.7 Å². The maximum atomic E-state index is 13.1. The number of aryl methyl sites for hydroxylation is 1. The first-order valence-corrected chi connectivity index (χ1v) is 13.4. The predicted molar refractivity (Wildman–Crippen MR) is 137 cm³/mol. The van der Waals surface area contributed by atoms with Gasteiger partial charge in [0.05, 0.1) is 17.4 Å². The van der Waals surface area contributed by atoms with Crippen LogP contribution in [-0.2, 0) is 9.53 Å². The van der Waals surface area contributed by atoms with Gasteiger partial charge in [0.25, 0.3) is 0 Å². The van der Waals surface area contributed by atoms with Gasteiger partial charge in [0.1, 0.15) is 17.2 Å². The zero-order chi connectivity index (χ0) is 25.7. The van der Waals surface area contributed by atoms with Crippen molar-refractivity contribution in [1.29, 1.82) is 0 Å². The fraction of sp³-hybridized carbons (Fsp3) is 0.520. The molecule has 3 aliphatic rings. The molecule has 0 spiro atoms. The van der Waals surface area contributed by atoms with Crippen LogP contribution in [0.1, 0.15) is 59.8 Å². The molecular formula is C25H28N6O5S. The van der Waals surface area contributed by atoms with Crippen molar-refractivity contribution in [2.75, 3.05) is 31.1 Å². The van der Waals surface area contributed by atoms with Gasteiger partial charge in [-0.05, 0) is 50.7 Å². The zero-order valence-corrected chi connectivity index (χ0v) is 21.3. The van der Waals surface area contributed by atoms with Gasteiger partial charge in [-0.3, -0.25) is 14.2 Å². The molecular weight excluding hydrogens is 496 g/mol. The topological polar surface area (TPSA) is 140 Å². The van der Waals surface area contributed by atoms with E-state index in [9.17, 15) is 19.5 Å². The normalized spacial score (nSPS) is 20.1. The van der Waals surface area contributed by atoms with Crippen molar-refractivity contribution in [3.63, 3.8) is 0 Å². The maximum absolute atomic E-state index is 13.1. The number of hydrogen-bond donors (Lipinski definition) is 2. The van der Waals surface area contributed by atoms with E-state index >= 15 is 0 Å². The van der Waals surface area contributed by atoms with E-state index in [4.69, 9.17) is 9.72 Å². The first kappa shape index (κ1) is 24.0. The number of carbonyl (C=O) groups excluding carboxylic acids is 1. The molecule has 0 aromatic carbocycles. The Morgan fingerprint density at radius 2 is 2.03 bits per heavy atom. The van der Waals surface area contributed by atoms with Crippen molar-refractivity contribution in [2.24, 2.45) is 5.92 Å². The number of carbonyl (C=O) groups is 2. The summed E-state index contributed by atoms with van der Waals surface area (Å²) < 4.78 is 11.7. The molecule has 3 aromatic rings. The quantitative estimate of drug-likeness (QED) is 0.476. The number of carboxylic acids is 1. The number of pyridine rings is 2. The summed E-state index contributed by atoms with van der Waals surface area (Å²) >= 11 is 1.16.